The molecule has 0 saturated carbocycles. The molecule has 1 heterocycles. The molecule has 6 heteroatoms. The second kappa shape index (κ2) is 5.92. The van der Waals surface area contributed by atoms with Crippen molar-refractivity contribution in [3.05, 3.63) is 39.3 Å². The number of anilines is 1. The van der Waals surface area contributed by atoms with Gasteiger partial charge in [0.25, 0.3) is 0 Å². The molecule has 0 aliphatic rings. The molecule has 20 heavy (non-hydrogen) atoms. The fourth-order valence-corrected chi connectivity index (χ4v) is 2.91. The second-order valence-electron chi connectivity index (χ2n) is 4.33. The second-order valence-corrected chi connectivity index (χ2v) is 5.15. The summed E-state index contributed by atoms with van der Waals surface area (Å²) in [5.74, 6) is -0.418. The van der Waals surface area contributed by atoms with Gasteiger partial charge in [0.2, 0.25) is 0 Å². The minimum atomic E-state index is -0.616. The van der Waals surface area contributed by atoms with Gasteiger partial charge in [0.1, 0.15) is 6.04 Å². The highest BCUT2D eigenvalue weighted by Gasteiger charge is 2.24. The van der Waals surface area contributed by atoms with Crippen LogP contribution in [0.15, 0.2) is 34.4 Å². The Labute approximate surface area is 120 Å². The average molecular weight is 292 g/mol. The van der Waals surface area contributed by atoms with Crippen molar-refractivity contribution in [2.45, 2.75) is 19.4 Å². The zero-order chi connectivity index (χ0) is 14.7. The van der Waals surface area contributed by atoms with Crippen LogP contribution < -0.4 is 10.6 Å². The Hall–Kier alpha value is -2.08. The summed E-state index contributed by atoms with van der Waals surface area (Å²) in [5.41, 5.74) is 7.88. The van der Waals surface area contributed by atoms with Crippen LogP contribution in [0, 0.1) is 0 Å². The number of ether oxygens (including phenoxy) is 1. The van der Waals surface area contributed by atoms with Gasteiger partial charge in [-0.05, 0) is 18.6 Å². The van der Waals surface area contributed by atoms with E-state index in [1.165, 1.54) is 11.7 Å². The van der Waals surface area contributed by atoms with Crippen LogP contribution in [0.25, 0.3) is 11.3 Å². The van der Waals surface area contributed by atoms with Gasteiger partial charge in [-0.25, -0.2) is 4.79 Å². The van der Waals surface area contributed by atoms with Gasteiger partial charge in [0.05, 0.1) is 12.8 Å². The fourth-order valence-electron chi connectivity index (χ4n) is 2.11. The van der Waals surface area contributed by atoms with Gasteiger partial charge in [-0.3, -0.25) is 9.36 Å². The summed E-state index contributed by atoms with van der Waals surface area (Å²) in [6.07, 6.45) is 0.485. The molecule has 0 fully saturated rings. The van der Waals surface area contributed by atoms with E-state index in [1.807, 2.05) is 19.1 Å². The van der Waals surface area contributed by atoms with Gasteiger partial charge in [-0.1, -0.05) is 30.4 Å². The van der Waals surface area contributed by atoms with Crippen molar-refractivity contribution in [2.75, 3.05) is 12.8 Å². The third-order valence-corrected chi connectivity index (χ3v) is 3.82. The zero-order valence-electron chi connectivity index (χ0n) is 11.3. The number of aromatic nitrogens is 1. The maximum atomic E-state index is 12.1. The monoisotopic (exact) mass is 292 g/mol. The van der Waals surface area contributed by atoms with E-state index in [4.69, 9.17) is 10.5 Å². The topological polar surface area (TPSA) is 74.3 Å². The van der Waals surface area contributed by atoms with Crippen LogP contribution >= 0.6 is 11.3 Å². The first-order valence-electron chi connectivity index (χ1n) is 6.22. The number of thiazole rings is 1. The van der Waals surface area contributed by atoms with Crippen molar-refractivity contribution in [1.82, 2.24) is 4.57 Å². The van der Waals surface area contributed by atoms with Crippen molar-refractivity contribution in [1.29, 1.82) is 0 Å². The average Bonchev–Trinajstić information content (AvgIpc) is 2.82. The molecule has 1 aromatic carbocycles. The molecule has 0 aliphatic heterocycles. The van der Waals surface area contributed by atoms with Crippen LogP contribution in [0.2, 0.25) is 0 Å². The van der Waals surface area contributed by atoms with Gasteiger partial charge >= 0.3 is 10.8 Å². The quantitative estimate of drug-likeness (QED) is 0.693. The number of hydrogen-bond donors (Lipinski definition) is 1. The SMILES string of the molecule is CCC(C(=O)OC)n1c(-c2cccc(N)c2)csc1=O. The normalized spacial score (nSPS) is 12.1. The molecular formula is C14H16N2O3S. The molecule has 0 bridgehead atoms. The van der Waals surface area contributed by atoms with Crippen molar-refractivity contribution in [3.8, 4) is 11.3 Å². The van der Waals surface area contributed by atoms with Gasteiger partial charge in [-0.15, -0.1) is 0 Å². The molecule has 0 saturated heterocycles. The summed E-state index contributed by atoms with van der Waals surface area (Å²) < 4.78 is 6.26. The zero-order valence-corrected chi connectivity index (χ0v) is 12.1. The third-order valence-electron chi connectivity index (χ3n) is 3.08. The summed E-state index contributed by atoms with van der Waals surface area (Å²) in [5, 5.41) is 1.74. The lowest BCUT2D eigenvalue weighted by Gasteiger charge is -2.16. The number of carbonyl (C=O) groups excluding carboxylic acids is 1. The smallest absolute Gasteiger partial charge is 0.329 e. The molecule has 106 valence electrons. The van der Waals surface area contributed by atoms with Crippen LogP contribution in [-0.2, 0) is 9.53 Å². The Bertz CT molecular complexity index is 675. The van der Waals surface area contributed by atoms with E-state index in [9.17, 15) is 9.59 Å². The van der Waals surface area contributed by atoms with Crippen LogP contribution in [0.1, 0.15) is 19.4 Å². The Kier molecular flexibility index (Phi) is 4.24. The minimum absolute atomic E-state index is 0.181. The Morgan fingerprint density at radius 2 is 2.25 bits per heavy atom. The van der Waals surface area contributed by atoms with Gasteiger partial charge in [0, 0.05) is 16.6 Å². The Balaban J connectivity index is 2.57. The maximum Gasteiger partial charge on any atom is 0.329 e. The van der Waals surface area contributed by atoms with Crippen LogP contribution in [0.5, 0.6) is 0 Å². The molecule has 1 aromatic heterocycles. The van der Waals surface area contributed by atoms with Gasteiger partial charge < -0.3 is 10.5 Å². The lowest BCUT2D eigenvalue weighted by Crippen LogP contribution is -2.27. The largest absolute Gasteiger partial charge is 0.467 e. The number of carbonyl (C=O) groups is 1. The highest BCUT2D eigenvalue weighted by atomic mass is 32.1. The first-order valence-corrected chi connectivity index (χ1v) is 7.10. The van der Waals surface area contributed by atoms with Crippen molar-refractivity contribution < 1.29 is 9.53 Å². The van der Waals surface area contributed by atoms with Crippen molar-refractivity contribution in [2.24, 2.45) is 0 Å². The number of methoxy groups -OCH3 is 1. The molecule has 2 aromatic rings. The molecule has 1 unspecified atom stereocenters. The summed E-state index contributed by atoms with van der Waals surface area (Å²) in [6.45, 7) is 1.84. The maximum absolute atomic E-state index is 12.1. The number of esters is 1. The van der Waals surface area contributed by atoms with Crippen molar-refractivity contribution in [3.63, 3.8) is 0 Å². The van der Waals surface area contributed by atoms with Crippen molar-refractivity contribution >= 4 is 23.0 Å². The molecule has 2 rings (SSSR count). The molecule has 1 atom stereocenters. The molecule has 2 N–H and O–H groups in total. The highest BCUT2D eigenvalue weighted by molar-refractivity contribution is 7.07. The van der Waals surface area contributed by atoms with Crippen LogP contribution in [0.3, 0.4) is 0 Å². The lowest BCUT2D eigenvalue weighted by molar-refractivity contribution is -0.144. The van der Waals surface area contributed by atoms with E-state index in [2.05, 4.69) is 0 Å². The summed E-state index contributed by atoms with van der Waals surface area (Å²) in [4.78, 5) is 23.7. The molecule has 0 spiro atoms. The Morgan fingerprint density at radius 3 is 2.85 bits per heavy atom. The number of benzene rings is 1. The third kappa shape index (κ3) is 2.60. The fraction of sp³-hybridized carbons (Fsp3) is 0.286. The predicted molar refractivity (Wildman–Crippen MR) is 79.8 cm³/mol. The van der Waals surface area contributed by atoms with Gasteiger partial charge in [0.15, 0.2) is 0 Å². The van der Waals surface area contributed by atoms with Crippen LogP contribution in [0.4, 0.5) is 5.69 Å². The number of rotatable bonds is 4. The van der Waals surface area contributed by atoms with E-state index in [-0.39, 0.29) is 4.87 Å². The number of hydrogen-bond acceptors (Lipinski definition) is 5. The van der Waals surface area contributed by atoms with E-state index in [1.54, 1.807) is 17.5 Å². The standard InChI is InChI=1S/C14H16N2O3S/c1-3-11(13(17)19-2)16-12(8-20-14(16)18)9-5-4-6-10(15)7-9/h4-8,11H,3,15H2,1-2H3. The first-order chi connectivity index (χ1) is 9.58. The van der Waals surface area contributed by atoms with E-state index >= 15 is 0 Å². The number of nitrogens with zero attached hydrogens (tertiary/aromatic N) is 1. The highest BCUT2D eigenvalue weighted by Crippen LogP contribution is 2.26. The predicted octanol–water partition coefficient (Wildman–Crippen LogP) is 2.28. The summed E-state index contributed by atoms with van der Waals surface area (Å²) in [7, 11) is 1.32. The van der Waals surface area contributed by atoms with E-state index in [0.29, 0.717) is 17.8 Å². The minimum Gasteiger partial charge on any atom is -0.467 e. The first kappa shape index (κ1) is 14.3. The summed E-state index contributed by atoms with van der Waals surface area (Å²) in [6, 6.07) is 6.61. The Morgan fingerprint density at radius 1 is 1.50 bits per heavy atom. The number of nitrogens with two attached hydrogens (primary N) is 1. The van der Waals surface area contributed by atoms with E-state index < -0.39 is 12.0 Å². The molecule has 0 aliphatic carbocycles. The molecular weight excluding hydrogens is 276 g/mol. The van der Waals surface area contributed by atoms with Crippen LogP contribution in [-0.4, -0.2) is 17.6 Å². The lowest BCUT2D eigenvalue weighted by atomic mass is 10.1. The molecule has 5 nitrogen and oxygen atoms in total. The van der Waals surface area contributed by atoms with Gasteiger partial charge in [-0.2, -0.15) is 0 Å². The molecule has 0 radical (unpaired) electrons. The summed E-state index contributed by atoms with van der Waals surface area (Å²) >= 11 is 1.06. The molecule has 0 amide bonds. The number of nitrogen functional groups attached to an aromatic ring is 1. The van der Waals surface area contributed by atoms with E-state index in [0.717, 1.165) is 16.9 Å².